The lowest BCUT2D eigenvalue weighted by Gasteiger charge is -2.37. The number of rotatable bonds is 3. The molecule has 8 heteroatoms. The van der Waals surface area contributed by atoms with Gasteiger partial charge >= 0.3 is 0 Å². The molecule has 1 aromatic carbocycles. The van der Waals surface area contributed by atoms with Crippen molar-refractivity contribution in [1.82, 2.24) is 14.3 Å². The van der Waals surface area contributed by atoms with E-state index in [9.17, 15) is 9.59 Å². The third kappa shape index (κ3) is 3.13. The highest BCUT2D eigenvalue weighted by Gasteiger charge is 2.32. The number of halogens is 3. The summed E-state index contributed by atoms with van der Waals surface area (Å²) in [6.45, 7) is 2.60. The molecule has 3 heterocycles. The van der Waals surface area contributed by atoms with E-state index in [1.54, 1.807) is 22.7 Å². The molecule has 0 fully saturated rings. The first-order chi connectivity index (χ1) is 13.4. The van der Waals surface area contributed by atoms with E-state index >= 15 is 0 Å². The lowest BCUT2D eigenvalue weighted by molar-refractivity contribution is 0.0654. The fourth-order valence-electron chi connectivity index (χ4n) is 3.86. The third-order valence-electron chi connectivity index (χ3n) is 5.14. The fourth-order valence-corrected chi connectivity index (χ4v) is 5.00. The molecule has 5 nitrogen and oxygen atoms in total. The van der Waals surface area contributed by atoms with Crippen LogP contribution in [0.5, 0.6) is 0 Å². The van der Waals surface area contributed by atoms with Gasteiger partial charge in [0, 0.05) is 22.8 Å². The standard InChI is InChI=1S/C20H16BrCl2N3O2/c1-2-18-15-6-12(22)7-17(23)14(15)3-4-25(18)20(28)11-5-16(21)19-24-8-13(10-27)26(19)9-11/h5-10,18H,2-4H2,1H3. The van der Waals surface area contributed by atoms with Crippen LogP contribution >= 0.6 is 39.1 Å². The molecule has 0 bridgehead atoms. The first kappa shape index (κ1) is 19.4. The van der Waals surface area contributed by atoms with Gasteiger partial charge in [0.1, 0.15) is 5.69 Å². The summed E-state index contributed by atoms with van der Waals surface area (Å²) in [7, 11) is 0. The van der Waals surface area contributed by atoms with Gasteiger partial charge in [-0.1, -0.05) is 30.1 Å². The number of hydrogen-bond donors (Lipinski definition) is 0. The SMILES string of the molecule is CCC1c2cc(Cl)cc(Cl)c2CCN1C(=O)c1cc(Br)c2ncc(C=O)n2c1. The number of fused-ring (bicyclic) bond motifs is 2. The maximum absolute atomic E-state index is 13.4. The summed E-state index contributed by atoms with van der Waals surface area (Å²) < 4.78 is 2.28. The summed E-state index contributed by atoms with van der Waals surface area (Å²) in [5, 5.41) is 1.21. The number of benzene rings is 1. The minimum Gasteiger partial charge on any atom is -0.331 e. The smallest absolute Gasteiger partial charge is 0.255 e. The predicted octanol–water partition coefficient (Wildman–Crippen LogP) is 5.37. The molecule has 2 aromatic heterocycles. The van der Waals surface area contributed by atoms with Crippen LogP contribution in [-0.4, -0.2) is 33.0 Å². The molecule has 1 atom stereocenters. The van der Waals surface area contributed by atoms with Crippen LogP contribution in [0, 0.1) is 0 Å². The second-order valence-electron chi connectivity index (χ2n) is 6.70. The maximum Gasteiger partial charge on any atom is 0.255 e. The number of pyridine rings is 1. The number of carbonyl (C=O) groups is 2. The Morgan fingerprint density at radius 1 is 1.36 bits per heavy atom. The molecule has 1 unspecified atom stereocenters. The molecule has 3 aromatic rings. The lowest BCUT2D eigenvalue weighted by Crippen LogP contribution is -2.40. The first-order valence-corrected chi connectivity index (χ1v) is 10.4. The number of amides is 1. The van der Waals surface area contributed by atoms with Crippen molar-refractivity contribution in [3.8, 4) is 0 Å². The topological polar surface area (TPSA) is 54.7 Å². The molecule has 0 saturated heterocycles. The van der Waals surface area contributed by atoms with Gasteiger partial charge in [-0.3, -0.25) is 14.0 Å². The van der Waals surface area contributed by atoms with Crippen molar-refractivity contribution in [2.75, 3.05) is 6.54 Å². The number of aromatic nitrogens is 2. The minimum atomic E-state index is -0.116. The van der Waals surface area contributed by atoms with Crippen molar-refractivity contribution in [3.63, 3.8) is 0 Å². The number of nitrogens with zero attached hydrogens (tertiary/aromatic N) is 3. The van der Waals surface area contributed by atoms with Crippen LogP contribution in [0.1, 0.15) is 51.4 Å². The van der Waals surface area contributed by atoms with E-state index in [4.69, 9.17) is 23.2 Å². The lowest BCUT2D eigenvalue weighted by atomic mass is 9.90. The number of imidazole rings is 1. The highest BCUT2D eigenvalue weighted by molar-refractivity contribution is 9.10. The van der Waals surface area contributed by atoms with Gasteiger partial charge in [-0.2, -0.15) is 0 Å². The van der Waals surface area contributed by atoms with E-state index in [0.29, 0.717) is 44.4 Å². The highest BCUT2D eigenvalue weighted by atomic mass is 79.9. The monoisotopic (exact) mass is 479 g/mol. The Balaban J connectivity index is 1.77. The van der Waals surface area contributed by atoms with E-state index in [0.717, 1.165) is 23.8 Å². The second-order valence-corrected chi connectivity index (χ2v) is 8.40. The van der Waals surface area contributed by atoms with Gasteiger partial charge in [-0.25, -0.2) is 4.98 Å². The molecule has 144 valence electrons. The summed E-state index contributed by atoms with van der Waals surface area (Å²) in [5.74, 6) is -0.109. The molecule has 0 radical (unpaired) electrons. The number of carbonyl (C=O) groups excluding carboxylic acids is 2. The van der Waals surface area contributed by atoms with Crippen LogP contribution in [-0.2, 0) is 6.42 Å². The van der Waals surface area contributed by atoms with E-state index in [2.05, 4.69) is 20.9 Å². The predicted molar refractivity (Wildman–Crippen MR) is 113 cm³/mol. The van der Waals surface area contributed by atoms with Gasteiger partial charge in [0.2, 0.25) is 0 Å². The zero-order valence-corrected chi connectivity index (χ0v) is 18.1. The van der Waals surface area contributed by atoms with Crippen LogP contribution in [0.25, 0.3) is 5.65 Å². The minimum absolute atomic E-state index is 0.109. The summed E-state index contributed by atoms with van der Waals surface area (Å²) in [4.78, 5) is 30.7. The summed E-state index contributed by atoms with van der Waals surface area (Å²) in [5.41, 5.74) is 3.51. The Morgan fingerprint density at radius 3 is 2.86 bits per heavy atom. The van der Waals surface area contributed by atoms with E-state index in [1.165, 1.54) is 6.20 Å². The Kier molecular flexibility index (Phi) is 5.21. The molecule has 0 saturated carbocycles. The zero-order valence-electron chi connectivity index (χ0n) is 15.0. The van der Waals surface area contributed by atoms with Gasteiger partial charge in [0.25, 0.3) is 5.91 Å². The van der Waals surface area contributed by atoms with Crippen LogP contribution in [0.15, 0.2) is 35.1 Å². The fraction of sp³-hybridized carbons (Fsp3) is 0.250. The first-order valence-electron chi connectivity index (χ1n) is 8.85. The van der Waals surface area contributed by atoms with Crippen molar-refractivity contribution in [2.24, 2.45) is 0 Å². The number of aldehydes is 1. The van der Waals surface area contributed by atoms with Crippen molar-refractivity contribution in [1.29, 1.82) is 0 Å². The summed E-state index contributed by atoms with van der Waals surface area (Å²) in [6, 6.07) is 5.27. The van der Waals surface area contributed by atoms with Crippen molar-refractivity contribution < 1.29 is 9.59 Å². The third-order valence-corrected chi connectivity index (χ3v) is 6.28. The average Bonchev–Trinajstić information content (AvgIpc) is 3.10. The molecule has 1 aliphatic heterocycles. The van der Waals surface area contributed by atoms with E-state index in [-0.39, 0.29) is 11.9 Å². The van der Waals surface area contributed by atoms with Gasteiger partial charge in [0.05, 0.1) is 22.3 Å². The summed E-state index contributed by atoms with van der Waals surface area (Å²) in [6.07, 6.45) is 5.27. The zero-order chi connectivity index (χ0) is 20.0. The maximum atomic E-state index is 13.4. The Labute approximate surface area is 180 Å². The second kappa shape index (κ2) is 7.50. The Morgan fingerprint density at radius 2 is 2.14 bits per heavy atom. The van der Waals surface area contributed by atoms with E-state index in [1.807, 2.05) is 17.9 Å². The Hall–Kier alpha value is -1.89. The molecular weight excluding hydrogens is 465 g/mol. The van der Waals surface area contributed by atoms with Gasteiger partial charge in [0.15, 0.2) is 11.9 Å². The largest absolute Gasteiger partial charge is 0.331 e. The summed E-state index contributed by atoms with van der Waals surface area (Å²) >= 11 is 16.1. The van der Waals surface area contributed by atoms with Gasteiger partial charge in [-0.15, -0.1) is 0 Å². The van der Waals surface area contributed by atoms with Crippen LogP contribution < -0.4 is 0 Å². The quantitative estimate of drug-likeness (QED) is 0.474. The molecule has 0 N–H and O–H groups in total. The number of hydrogen-bond acceptors (Lipinski definition) is 3. The van der Waals surface area contributed by atoms with Crippen molar-refractivity contribution in [2.45, 2.75) is 25.8 Å². The van der Waals surface area contributed by atoms with Crippen LogP contribution in [0.4, 0.5) is 0 Å². The van der Waals surface area contributed by atoms with Crippen LogP contribution in [0.3, 0.4) is 0 Å². The highest BCUT2D eigenvalue weighted by Crippen LogP contribution is 2.38. The molecule has 4 rings (SSSR count). The normalized spacial score (nSPS) is 16.3. The molecular formula is C20H16BrCl2N3O2. The molecule has 0 aliphatic carbocycles. The molecule has 0 spiro atoms. The van der Waals surface area contributed by atoms with E-state index < -0.39 is 0 Å². The average molecular weight is 481 g/mol. The van der Waals surface area contributed by atoms with Crippen molar-refractivity contribution in [3.05, 3.63) is 67.5 Å². The molecule has 28 heavy (non-hydrogen) atoms. The molecule has 1 aliphatic rings. The molecule has 1 amide bonds. The van der Waals surface area contributed by atoms with Crippen LogP contribution in [0.2, 0.25) is 10.0 Å². The Bertz CT molecular complexity index is 1110. The van der Waals surface area contributed by atoms with Gasteiger partial charge < -0.3 is 4.90 Å². The van der Waals surface area contributed by atoms with Gasteiger partial charge in [-0.05, 0) is 58.1 Å². The van der Waals surface area contributed by atoms with Crippen molar-refractivity contribution >= 4 is 57.0 Å².